The molecule has 5 N–H and O–H groups in total. The van der Waals surface area contributed by atoms with E-state index in [4.69, 9.17) is 10.6 Å². The highest BCUT2D eigenvalue weighted by Gasteiger charge is 2.55. The number of nitrogens with two attached hydrogens (primary N) is 1. The molecule has 5 aliphatic heterocycles. The number of Topliss-reactive ketones (excluding diaryl/α,β-unsaturated/α-hetero) is 1. The fourth-order valence-electron chi connectivity index (χ4n) is 7.34. The number of quaternary nitrogens is 1. The summed E-state index contributed by atoms with van der Waals surface area (Å²) in [7, 11) is 0. The molecule has 2 aromatic heterocycles. The number of ketones is 1. The number of pyridine rings is 1. The first-order valence-corrected chi connectivity index (χ1v) is 18.4. The second kappa shape index (κ2) is 14.2. The van der Waals surface area contributed by atoms with E-state index >= 15 is 0 Å². The number of anilines is 1. The van der Waals surface area contributed by atoms with Crippen LogP contribution in [0.25, 0.3) is 0 Å². The van der Waals surface area contributed by atoms with Gasteiger partial charge in [0.2, 0.25) is 11.3 Å². The first-order chi connectivity index (χ1) is 24.7. The number of amides is 2. The molecule has 52 heavy (non-hydrogen) atoms. The molecule has 0 radical (unpaired) electrons. The van der Waals surface area contributed by atoms with E-state index < -0.39 is 58.1 Å². The smallest absolute Gasteiger partial charge is 0.271 e. The van der Waals surface area contributed by atoms with Crippen molar-refractivity contribution in [2.24, 2.45) is 16.5 Å². The van der Waals surface area contributed by atoms with Gasteiger partial charge in [-0.1, -0.05) is 12.1 Å². The molecule has 7 heterocycles. The third kappa shape index (κ3) is 6.96. The second-order valence-electron chi connectivity index (χ2n) is 13.6. The first-order valence-electron chi connectivity index (χ1n) is 16.5. The van der Waals surface area contributed by atoms with Crippen molar-refractivity contribution in [1.82, 2.24) is 19.9 Å². The summed E-state index contributed by atoms with van der Waals surface area (Å²) in [5.74, 6) is -6.15. The van der Waals surface area contributed by atoms with Crippen LogP contribution in [0.1, 0.15) is 55.2 Å². The Hall–Kier alpha value is -4.95. The number of aromatic hydroxyl groups is 1. The molecule has 3 atom stereocenters. The van der Waals surface area contributed by atoms with Gasteiger partial charge in [-0.25, -0.2) is 4.98 Å². The van der Waals surface area contributed by atoms with Crippen molar-refractivity contribution < 1.29 is 53.8 Å². The van der Waals surface area contributed by atoms with Crippen LogP contribution in [-0.2, 0) is 24.0 Å². The van der Waals surface area contributed by atoms with Crippen molar-refractivity contribution in [3.8, 4) is 5.75 Å². The predicted molar refractivity (Wildman–Crippen MR) is 179 cm³/mol. The minimum absolute atomic E-state index is 0.0135. The summed E-state index contributed by atoms with van der Waals surface area (Å²) in [4.78, 5) is 85.7. The highest BCUT2D eigenvalue weighted by atomic mass is 32.2. The topological polar surface area (TPSA) is 270 Å². The minimum atomic E-state index is -1.52. The lowest BCUT2D eigenvalue weighted by Gasteiger charge is -2.56. The lowest BCUT2D eigenvalue weighted by Crippen LogP contribution is -2.66. The fraction of sp³-hybridized carbons (Fsp3) is 0.500. The molecule has 278 valence electrons. The van der Waals surface area contributed by atoms with Crippen LogP contribution >= 0.6 is 23.1 Å². The van der Waals surface area contributed by atoms with Crippen LogP contribution in [0.4, 0.5) is 5.13 Å². The predicted octanol–water partition coefficient (Wildman–Crippen LogP) is -2.00. The maximum Gasteiger partial charge on any atom is 0.271 e. The van der Waals surface area contributed by atoms with Crippen molar-refractivity contribution in [2.75, 3.05) is 44.2 Å². The summed E-state index contributed by atoms with van der Waals surface area (Å²) in [5, 5.41) is 50.8. The largest absolute Gasteiger partial charge is 0.546 e. The summed E-state index contributed by atoms with van der Waals surface area (Å²) in [6.07, 6.45) is 1.17. The van der Waals surface area contributed by atoms with Crippen molar-refractivity contribution >= 4 is 63.5 Å². The summed E-state index contributed by atoms with van der Waals surface area (Å²) < 4.78 is 1.00. The molecule has 2 aromatic rings. The van der Waals surface area contributed by atoms with Crippen LogP contribution in [0.5, 0.6) is 5.75 Å². The SMILES string of the molecule is CC[C@H](O/N=C(\C(=O)C[C@@H]1C(=O)N2C(C(=O)[O-])=C(C[N+]34CCC(CNC(=O)c5cc(=O)c(O)cn5O)(CC3)CC4)CS[C@H]12)c1csc(N)n1)C(=O)[O-]. The second-order valence-corrected chi connectivity index (χ2v) is 15.6. The van der Waals surface area contributed by atoms with Crippen LogP contribution in [0.2, 0.25) is 0 Å². The third-order valence-corrected chi connectivity index (χ3v) is 12.5. The van der Waals surface area contributed by atoms with E-state index in [1.54, 1.807) is 0 Å². The Bertz CT molecular complexity index is 1930. The number of nitrogens with one attached hydrogen (secondary N) is 1. The van der Waals surface area contributed by atoms with E-state index in [0.29, 0.717) is 53.3 Å². The molecule has 0 aliphatic carbocycles. The number of thiazole rings is 1. The van der Waals surface area contributed by atoms with Crippen molar-refractivity contribution in [1.29, 1.82) is 0 Å². The Balaban J connectivity index is 1.11. The Labute approximate surface area is 304 Å². The highest BCUT2D eigenvalue weighted by Crippen LogP contribution is 2.48. The Kier molecular flexibility index (Phi) is 10.1. The lowest BCUT2D eigenvalue weighted by atomic mass is 9.70. The van der Waals surface area contributed by atoms with E-state index in [9.17, 15) is 49.3 Å². The monoisotopic (exact) mass is 758 g/mol. The number of nitrogen functional groups attached to an aromatic ring is 1. The molecular weight excluding hydrogens is 723 g/mol. The highest BCUT2D eigenvalue weighted by molar-refractivity contribution is 8.00. The van der Waals surface area contributed by atoms with Crippen molar-refractivity contribution in [2.45, 2.75) is 50.5 Å². The van der Waals surface area contributed by atoms with Crippen LogP contribution < -0.4 is 26.7 Å². The maximum atomic E-state index is 13.5. The van der Waals surface area contributed by atoms with E-state index in [0.717, 1.165) is 42.9 Å². The summed E-state index contributed by atoms with van der Waals surface area (Å²) in [6, 6.07) is 0.856. The molecule has 2 amide bonds. The van der Waals surface area contributed by atoms with E-state index in [2.05, 4.69) is 15.5 Å². The zero-order chi connectivity index (χ0) is 37.5. The average Bonchev–Trinajstić information content (AvgIpc) is 3.55. The number of carbonyl (C=O) groups excluding carboxylic acids is 5. The van der Waals surface area contributed by atoms with Crippen molar-refractivity contribution in [3.63, 3.8) is 0 Å². The number of carbonyl (C=O) groups is 5. The number of rotatable bonds is 14. The number of β-lactam (4-membered cyclic amide) rings is 1. The van der Waals surface area contributed by atoms with Crippen LogP contribution in [0.15, 0.2) is 38.9 Å². The zero-order valence-corrected chi connectivity index (χ0v) is 29.6. The average molecular weight is 759 g/mol. The normalized spacial score (nSPS) is 26.0. The molecule has 18 nitrogen and oxygen atoms in total. The van der Waals surface area contributed by atoms with Gasteiger partial charge in [0.15, 0.2) is 28.5 Å². The van der Waals surface area contributed by atoms with E-state index in [-0.39, 0.29) is 46.2 Å². The number of nitrogens with zero attached hydrogens (tertiary/aromatic N) is 5. The number of hydrogen-bond acceptors (Lipinski definition) is 16. The number of hydrogen-bond donors (Lipinski definition) is 4. The third-order valence-electron chi connectivity index (χ3n) is 10.4. The molecule has 0 saturated carbocycles. The molecule has 20 heteroatoms. The molecule has 5 aliphatic rings. The van der Waals surface area contributed by atoms with E-state index in [1.807, 2.05) is 0 Å². The number of oxime groups is 1. The number of fused-ring (bicyclic) bond motifs is 4. The van der Waals surface area contributed by atoms with Gasteiger partial charge >= 0.3 is 0 Å². The molecule has 2 bridgehead atoms. The van der Waals surface area contributed by atoms with Gasteiger partial charge in [-0.05, 0) is 6.42 Å². The number of thioether (sulfide) groups is 1. The zero-order valence-electron chi connectivity index (χ0n) is 27.9. The fourth-order valence-corrected chi connectivity index (χ4v) is 9.29. The van der Waals surface area contributed by atoms with Gasteiger partial charge in [0.1, 0.15) is 17.9 Å². The molecule has 0 aromatic carbocycles. The molecular formula is C32H36N7O11S2-. The Morgan fingerprint density at radius 3 is 2.50 bits per heavy atom. The van der Waals surface area contributed by atoms with Gasteiger partial charge in [-0.3, -0.25) is 24.1 Å². The molecule has 0 unspecified atom stereocenters. The first kappa shape index (κ1) is 36.8. The Morgan fingerprint density at radius 1 is 1.21 bits per heavy atom. The standard InChI is InChI=1S/C32H37N7O11S2/c1-2-23(29(45)46)50-36-24(18-14-52-31(33)35-18)21(41)9-17-27(44)38-25(30(47)48)16(13-51-28(17)38)12-39-6-3-32(4-7-39,5-8-39)15-34-26(43)19-10-20(40)22(42)11-37(19)49/h10-11,14,17,23,28,49H,2-9,12-13,15H2,1H3,(H5-,33,34,35,42,43,45,46,47,48)/p-1/b36-24-/t17-,23+,28-,32?,39?/m1/s1. The molecule has 0 spiro atoms. The van der Waals surface area contributed by atoms with Gasteiger partial charge in [0, 0.05) is 60.4 Å². The van der Waals surface area contributed by atoms with Gasteiger partial charge in [-0.15, -0.1) is 23.1 Å². The minimum Gasteiger partial charge on any atom is -0.546 e. The number of aromatic nitrogens is 2. The number of piperidine rings is 3. The van der Waals surface area contributed by atoms with Crippen LogP contribution in [0.3, 0.4) is 0 Å². The molecule has 7 rings (SSSR count). The van der Waals surface area contributed by atoms with Gasteiger partial charge in [0.25, 0.3) is 5.91 Å². The Morgan fingerprint density at radius 2 is 1.90 bits per heavy atom. The summed E-state index contributed by atoms with van der Waals surface area (Å²) >= 11 is 2.38. The van der Waals surface area contributed by atoms with Gasteiger partial charge in [-0.2, -0.15) is 4.73 Å². The number of carboxylic acid groups (broad SMARTS) is 2. The lowest BCUT2D eigenvalue weighted by molar-refractivity contribution is -0.941. The van der Waals surface area contributed by atoms with Crippen LogP contribution in [0, 0.1) is 11.3 Å². The van der Waals surface area contributed by atoms with Gasteiger partial charge in [0.05, 0.1) is 54.8 Å². The number of aliphatic carboxylic acids is 2. The quantitative estimate of drug-likeness (QED) is 0.0534. The summed E-state index contributed by atoms with van der Waals surface area (Å²) in [6.45, 7) is 4.33. The number of carboxylic acids is 2. The van der Waals surface area contributed by atoms with Crippen LogP contribution in [-0.4, -0.2) is 115 Å². The van der Waals surface area contributed by atoms with E-state index in [1.165, 1.54) is 29.0 Å². The summed E-state index contributed by atoms with van der Waals surface area (Å²) in [5.41, 5.74) is 4.53. The molecule has 4 saturated heterocycles. The molecule has 4 fully saturated rings. The van der Waals surface area contributed by atoms with Gasteiger partial charge < -0.3 is 50.5 Å². The van der Waals surface area contributed by atoms with Crippen molar-refractivity contribution in [3.05, 3.63) is 50.5 Å². The maximum absolute atomic E-state index is 13.5.